The highest BCUT2D eigenvalue weighted by atomic mass is 127. The van der Waals surface area contributed by atoms with Gasteiger partial charge >= 0.3 is 11.9 Å². The minimum Gasteiger partial charge on any atom is -0.463 e. The summed E-state index contributed by atoms with van der Waals surface area (Å²) < 4.78 is 11.8. The molecule has 8 heteroatoms. The van der Waals surface area contributed by atoms with Crippen LogP contribution in [-0.4, -0.2) is 25.2 Å². The van der Waals surface area contributed by atoms with Gasteiger partial charge in [0.15, 0.2) is 6.61 Å². The highest BCUT2D eigenvalue weighted by Gasteiger charge is 2.20. The maximum atomic E-state index is 12.0. The van der Waals surface area contributed by atoms with Crippen molar-refractivity contribution in [1.82, 2.24) is 0 Å². The van der Waals surface area contributed by atoms with Crippen LogP contribution >= 0.6 is 67.8 Å². The van der Waals surface area contributed by atoms with Crippen molar-refractivity contribution in [3.63, 3.8) is 0 Å². The molecule has 0 saturated heterocycles. The summed E-state index contributed by atoms with van der Waals surface area (Å²) in [7, 11) is 0. The molecular formula is C11H10I3NO4. The van der Waals surface area contributed by atoms with Crippen LogP contribution in [0.5, 0.6) is 0 Å². The van der Waals surface area contributed by atoms with Crippen molar-refractivity contribution in [2.45, 2.75) is 6.92 Å². The summed E-state index contributed by atoms with van der Waals surface area (Å²) >= 11 is 6.13. The number of rotatable bonds is 4. The number of nitrogen functional groups attached to an aromatic ring is 1. The lowest BCUT2D eigenvalue weighted by Gasteiger charge is -2.11. The first-order valence-electron chi connectivity index (χ1n) is 5.14. The molecule has 0 atom stereocenters. The third kappa shape index (κ3) is 4.58. The number of esters is 2. The van der Waals surface area contributed by atoms with Gasteiger partial charge < -0.3 is 15.2 Å². The van der Waals surface area contributed by atoms with Gasteiger partial charge in [-0.05, 0) is 80.8 Å². The molecule has 1 aromatic rings. The van der Waals surface area contributed by atoms with E-state index >= 15 is 0 Å². The lowest BCUT2D eigenvalue weighted by molar-refractivity contribution is -0.146. The van der Waals surface area contributed by atoms with Gasteiger partial charge in [0.05, 0.1) is 21.4 Å². The van der Waals surface area contributed by atoms with Gasteiger partial charge in [-0.2, -0.15) is 0 Å². The van der Waals surface area contributed by atoms with Crippen LogP contribution in [0.15, 0.2) is 6.07 Å². The Kier molecular flexibility index (Phi) is 7.07. The average Bonchev–Trinajstić information content (AvgIpc) is 2.34. The molecule has 0 bridgehead atoms. The van der Waals surface area contributed by atoms with Crippen molar-refractivity contribution < 1.29 is 19.1 Å². The predicted octanol–water partition coefficient (Wildman–Crippen LogP) is 2.80. The maximum Gasteiger partial charge on any atom is 0.344 e. The van der Waals surface area contributed by atoms with Crippen LogP contribution in [0, 0.1) is 10.7 Å². The minimum atomic E-state index is -0.579. The number of halogens is 3. The predicted molar refractivity (Wildman–Crippen MR) is 95.9 cm³/mol. The van der Waals surface area contributed by atoms with E-state index in [0.717, 1.165) is 7.14 Å². The lowest BCUT2D eigenvalue weighted by Crippen LogP contribution is -2.18. The first-order valence-corrected chi connectivity index (χ1v) is 8.37. The Labute approximate surface area is 151 Å². The summed E-state index contributed by atoms with van der Waals surface area (Å²) in [5, 5.41) is 0. The molecule has 2 N–H and O–H groups in total. The van der Waals surface area contributed by atoms with Gasteiger partial charge in [0.2, 0.25) is 0 Å². The normalized spacial score (nSPS) is 10.1. The van der Waals surface area contributed by atoms with E-state index in [1.54, 1.807) is 13.0 Å². The molecule has 0 radical (unpaired) electrons. The van der Waals surface area contributed by atoms with Crippen LogP contribution in [-0.2, 0) is 14.3 Å². The Morgan fingerprint density at radius 3 is 2.42 bits per heavy atom. The van der Waals surface area contributed by atoms with Crippen LogP contribution in [0.3, 0.4) is 0 Å². The minimum absolute atomic E-state index is 0.252. The van der Waals surface area contributed by atoms with Crippen LogP contribution in [0.1, 0.15) is 17.3 Å². The van der Waals surface area contributed by atoms with Crippen LogP contribution in [0.4, 0.5) is 5.69 Å². The Morgan fingerprint density at radius 1 is 1.21 bits per heavy atom. The topological polar surface area (TPSA) is 78.6 Å². The Bertz CT molecular complexity index is 519. The summed E-state index contributed by atoms with van der Waals surface area (Å²) in [4.78, 5) is 23.1. The molecule has 1 rings (SSSR count). The van der Waals surface area contributed by atoms with E-state index in [9.17, 15) is 9.59 Å². The molecule has 1 aromatic carbocycles. The Morgan fingerprint density at radius 2 is 1.84 bits per heavy atom. The van der Waals surface area contributed by atoms with Crippen molar-refractivity contribution in [1.29, 1.82) is 0 Å². The monoisotopic (exact) mass is 601 g/mol. The van der Waals surface area contributed by atoms with Gasteiger partial charge in [-0.3, -0.25) is 0 Å². The third-order valence-electron chi connectivity index (χ3n) is 2.04. The highest BCUT2D eigenvalue weighted by Crippen LogP contribution is 2.29. The number of anilines is 1. The van der Waals surface area contributed by atoms with Gasteiger partial charge in [-0.25, -0.2) is 9.59 Å². The number of nitrogens with two attached hydrogens (primary N) is 1. The molecule has 0 saturated carbocycles. The zero-order valence-electron chi connectivity index (χ0n) is 9.84. The molecule has 0 fully saturated rings. The summed E-state index contributed by atoms with van der Waals surface area (Å²) in [5.74, 6) is -1.15. The van der Waals surface area contributed by atoms with E-state index in [2.05, 4.69) is 27.3 Å². The van der Waals surface area contributed by atoms with E-state index in [4.69, 9.17) is 10.5 Å². The van der Waals surface area contributed by atoms with Gasteiger partial charge in [0.1, 0.15) is 0 Å². The van der Waals surface area contributed by atoms with E-state index in [1.165, 1.54) is 0 Å². The second-order valence-corrected chi connectivity index (χ2v) is 6.73. The standard InChI is InChI=1S/C11H10I3NO4/c1-2-18-7(16)4-19-11(17)8-5(12)3-6(13)10(15)9(8)14/h3H,2,4,15H2,1H3. The van der Waals surface area contributed by atoms with Crippen LogP contribution < -0.4 is 5.73 Å². The molecule has 0 aliphatic heterocycles. The molecule has 19 heavy (non-hydrogen) atoms. The number of carbonyl (C=O) groups excluding carboxylic acids is 2. The fraction of sp³-hybridized carbons (Fsp3) is 0.273. The van der Waals surface area contributed by atoms with Crippen molar-refractivity contribution in [2.24, 2.45) is 0 Å². The highest BCUT2D eigenvalue weighted by molar-refractivity contribution is 14.1. The number of ether oxygens (including phenoxy) is 2. The summed E-state index contributed by atoms with van der Waals surface area (Å²) in [6.07, 6.45) is 0. The van der Waals surface area contributed by atoms with Crippen molar-refractivity contribution in [3.05, 3.63) is 22.3 Å². The number of benzene rings is 1. The van der Waals surface area contributed by atoms with Gasteiger partial charge in [0.25, 0.3) is 0 Å². The molecule has 0 aliphatic carbocycles. The summed E-state index contributed by atoms with van der Waals surface area (Å²) in [6, 6.07) is 1.79. The second-order valence-electron chi connectivity index (χ2n) is 3.32. The zero-order valence-corrected chi connectivity index (χ0v) is 16.3. The van der Waals surface area contributed by atoms with Crippen molar-refractivity contribution in [2.75, 3.05) is 18.9 Å². The van der Waals surface area contributed by atoms with E-state index in [1.807, 2.05) is 45.2 Å². The van der Waals surface area contributed by atoms with Crippen molar-refractivity contribution >= 4 is 85.4 Å². The number of hydrogen-bond donors (Lipinski definition) is 1. The Hall–Kier alpha value is 0.150. The van der Waals surface area contributed by atoms with Crippen LogP contribution in [0.25, 0.3) is 0 Å². The van der Waals surface area contributed by atoms with Gasteiger partial charge in [-0.15, -0.1) is 0 Å². The molecule has 0 amide bonds. The smallest absolute Gasteiger partial charge is 0.344 e. The average molecular weight is 601 g/mol. The Balaban J connectivity index is 2.89. The number of hydrogen-bond acceptors (Lipinski definition) is 5. The molecule has 0 unspecified atom stereocenters. The molecule has 0 aromatic heterocycles. The largest absolute Gasteiger partial charge is 0.463 e. The molecule has 0 heterocycles. The lowest BCUT2D eigenvalue weighted by atomic mass is 10.2. The van der Waals surface area contributed by atoms with Gasteiger partial charge in [0, 0.05) is 7.14 Å². The molecular weight excluding hydrogens is 591 g/mol. The molecule has 0 aliphatic rings. The SMILES string of the molecule is CCOC(=O)COC(=O)c1c(I)cc(I)c(N)c1I. The quantitative estimate of drug-likeness (QED) is 0.327. The first kappa shape index (κ1) is 17.2. The summed E-state index contributed by atoms with van der Waals surface area (Å²) in [5.41, 5.74) is 6.79. The zero-order chi connectivity index (χ0) is 14.6. The second kappa shape index (κ2) is 7.81. The first-order chi connectivity index (χ1) is 8.88. The maximum absolute atomic E-state index is 12.0. The van der Waals surface area contributed by atoms with Crippen LogP contribution in [0.2, 0.25) is 0 Å². The van der Waals surface area contributed by atoms with E-state index in [-0.39, 0.29) is 6.61 Å². The molecule has 104 valence electrons. The summed E-state index contributed by atoms with van der Waals surface area (Å²) in [6.45, 7) is 1.54. The fourth-order valence-electron chi connectivity index (χ4n) is 1.19. The van der Waals surface area contributed by atoms with Crippen molar-refractivity contribution in [3.8, 4) is 0 Å². The molecule has 5 nitrogen and oxygen atoms in total. The molecule has 0 spiro atoms. The van der Waals surface area contributed by atoms with E-state index < -0.39 is 18.5 Å². The fourth-order valence-corrected chi connectivity index (χ4v) is 5.00. The van der Waals surface area contributed by atoms with Gasteiger partial charge in [-0.1, -0.05) is 0 Å². The third-order valence-corrected chi connectivity index (χ3v) is 4.90. The number of carbonyl (C=O) groups is 2. The van der Waals surface area contributed by atoms with E-state index in [0.29, 0.717) is 14.8 Å².